The summed E-state index contributed by atoms with van der Waals surface area (Å²) in [6.45, 7) is 3.23. The molecule has 0 aliphatic carbocycles. The van der Waals surface area contributed by atoms with Gasteiger partial charge in [0.1, 0.15) is 12.6 Å². The maximum absolute atomic E-state index is 11.4. The van der Waals surface area contributed by atoms with Crippen molar-refractivity contribution >= 4 is 17.7 Å². The van der Waals surface area contributed by atoms with Gasteiger partial charge < -0.3 is 4.90 Å². The highest BCUT2D eigenvalue weighted by atomic mass is 16.2. The summed E-state index contributed by atoms with van der Waals surface area (Å²) in [5.74, 6) is -1.19. The molecule has 1 fully saturated rings. The van der Waals surface area contributed by atoms with Crippen molar-refractivity contribution in [1.29, 1.82) is 0 Å². The summed E-state index contributed by atoms with van der Waals surface area (Å²) in [6, 6.07) is -0.587. The second kappa shape index (κ2) is 4.04. The molecule has 0 aromatic rings. The molecule has 1 unspecified atom stereocenters. The molecule has 1 aliphatic heterocycles. The van der Waals surface area contributed by atoms with E-state index in [0.717, 1.165) is 0 Å². The molecule has 1 N–H and O–H groups in total. The Kier molecular flexibility index (Phi) is 3.01. The van der Waals surface area contributed by atoms with E-state index in [2.05, 4.69) is 5.32 Å². The molecular formula is C9H12N2O3. The van der Waals surface area contributed by atoms with Crippen molar-refractivity contribution in [3.05, 3.63) is 12.2 Å². The van der Waals surface area contributed by atoms with Gasteiger partial charge in [-0.1, -0.05) is 6.08 Å². The van der Waals surface area contributed by atoms with Crippen molar-refractivity contribution in [3.8, 4) is 0 Å². The van der Waals surface area contributed by atoms with Gasteiger partial charge in [-0.3, -0.25) is 19.7 Å². The lowest BCUT2D eigenvalue weighted by atomic mass is 10.2. The Morgan fingerprint density at radius 1 is 1.57 bits per heavy atom. The van der Waals surface area contributed by atoms with Crippen LogP contribution in [0.15, 0.2) is 12.2 Å². The molecule has 3 amide bonds. The van der Waals surface area contributed by atoms with Crippen LogP contribution >= 0.6 is 0 Å². The number of imide groups is 1. The molecule has 0 radical (unpaired) electrons. The molecule has 1 saturated heterocycles. The second-order valence-corrected chi connectivity index (χ2v) is 3.05. The van der Waals surface area contributed by atoms with Gasteiger partial charge in [-0.25, -0.2) is 0 Å². The van der Waals surface area contributed by atoms with Gasteiger partial charge in [0.15, 0.2) is 0 Å². The maximum atomic E-state index is 11.4. The monoisotopic (exact) mass is 196 g/mol. The quantitative estimate of drug-likeness (QED) is 0.451. The molecule has 14 heavy (non-hydrogen) atoms. The summed E-state index contributed by atoms with van der Waals surface area (Å²) in [5.41, 5.74) is 0. The van der Waals surface area contributed by atoms with Crippen LogP contribution in [0.4, 0.5) is 0 Å². The van der Waals surface area contributed by atoms with Crippen molar-refractivity contribution in [2.24, 2.45) is 0 Å². The highest BCUT2D eigenvalue weighted by Crippen LogP contribution is 2.05. The van der Waals surface area contributed by atoms with E-state index in [-0.39, 0.29) is 12.5 Å². The molecule has 1 rings (SSSR count). The lowest BCUT2D eigenvalue weighted by Crippen LogP contribution is -2.58. The van der Waals surface area contributed by atoms with Gasteiger partial charge in [0, 0.05) is 0 Å². The van der Waals surface area contributed by atoms with Crippen LogP contribution in [0.2, 0.25) is 0 Å². The predicted molar refractivity (Wildman–Crippen MR) is 49.1 cm³/mol. The minimum Gasteiger partial charge on any atom is -0.318 e. The summed E-state index contributed by atoms with van der Waals surface area (Å²) >= 11 is 0. The van der Waals surface area contributed by atoms with E-state index in [0.29, 0.717) is 0 Å². The fraction of sp³-hybridized carbons (Fsp3) is 0.444. The Balaban J connectivity index is 2.81. The summed E-state index contributed by atoms with van der Waals surface area (Å²) in [7, 11) is 0. The maximum Gasteiger partial charge on any atom is 0.249 e. The Bertz CT molecular complexity index is 309. The van der Waals surface area contributed by atoms with Gasteiger partial charge in [-0.05, 0) is 19.9 Å². The zero-order valence-electron chi connectivity index (χ0n) is 8.11. The average molecular weight is 196 g/mol. The van der Waals surface area contributed by atoms with Gasteiger partial charge in [-0.2, -0.15) is 0 Å². The number of hydrogen-bond donors (Lipinski definition) is 1. The van der Waals surface area contributed by atoms with Crippen LogP contribution in [-0.2, 0) is 14.4 Å². The molecule has 5 nitrogen and oxygen atoms in total. The Labute approximate surface area is 81.8 Å². The summed E-state index contributed by atoms with van der Waals surface area (Å²) < 4.78 is 0. The first-order valence-corrected chi connectivity index (χ1v) is 4.33. The largest absolute Gasteiger partial charge is 0.318 e. The summed E-state index contributed by atoms with van der Waals surface area (Å²) in [4.78, 5) is 34.8. The molecule has 0 bridgehead atoms. The average Bonchev–Trinajstić information content (AvgIpc) is 2.11. The van der Waals surface area contributed by atoms with Crippen molar-refractivity contribution in [3.63, 3.8) is 0 Å². The van der Waals surface area contributed by atoms with E-state index in [1.54, 1.807) is 19.9 Å². The van der Waals surface area contributed by atoms with Crippen LogP contribution < -0.4 is 5.32 Å². The van der Waals surface area contributed by atoms with E-state index >= 15 is 0 Å². The standard InChI is InChI=1S/C9H12N2O3/c1-3-4-8(13)11-5-7(12)10-9(14)6(11)2/h3-4,6H,5H2,1-2H3,(H,10,12,14)/b4-3+. The number of rotatable bonds is 1. The molecule has 0 aromatic heterocycles. The summed E-state index contributed by atoms with van der Waals surface area (Å²) in [6.07, 6.45) is 2.91. The highest BCUT2D eigenvalue weighted by molar-refractivity contribution is 6.05. The lowest BCUT2D eigenvalue weighted by Gasteiger charge is -2.30. The molecule has 1 heterocycles. The Hall–Kier alpha value is -1.65. The minimum atomic E-state index is -0.587. The SMILES string of the molecule is C/C=C/C(=O)N1CC(=O)NC(=O)C1C. The molecular weight excluding hydrogens is 184 g/mol. The Morgan fingerprint density at radius 3 is 2.79 bits per heavy atom. The zero-order valence-corrected chi connectivity index (χ0v) is 8.11. The smallest absolute Gasteiger partial charge is 0.249 e. The zero-order chi connectivity index (χ0) is 10.7. The third-order valence-corrected chi connectivity index (χ3v) is 2.02. The number of hydrogen-bond acceptors (Lipinski definition) is 3. The van der Waals surface area contributed by atoms with Crippen molar-refractivity contribution in [2.45, 2.75) is 19.9 Å². The van der Waals surface area contributed by atoms with E-state index in [1.165, 1.54) is 11.0 Å². The van der Waals surface area contributed by atoms with Gasteiger partial charge in [0.25, 0.3) is 0 Å². The van der Waals surface area contributed by atoms with Crippen molar-refractivity contribution in [1.82, 2.24) is 10.2 Å². The first-order valence-electron chi connectivity index (χ1n) is 4.33. The number of piperazine rings is 1. The molecule has 76 valence electrons. The van der Waals surface area contributed by atoms with Crippen molar-refractivity contribution in [2.75, 3.05) is 6.54 Å². The van der Waals surface area contributed by atoms with Gasteiger partial charge in [0.05, 0.1) is 0 Å². The van der Waals surface area contributed by atoms with Crippen LogP contribution in [0.5, 0.6) is 0 Å². The van der Waals surface area contributed by atoms with Crippen LogP contribution in [0.25, 0.3) is 0 Å². The second-order valence-electron chi connectivity index (χ2n) is 3.05. The van der Waals surface area contributed by atoms with E-state index < -0.39 is 17.9 Å². The first-order chi connectivity index (χ1) is 6.56. The number of nitrogens with one attached hydrogen (secondary N) is 1. The van der Waals surface area contributed by atoms with Crippen molar-refractivity contribution < 1.29 is 14.4 Å². The van der Waals surface area contributed by atoms with Crippen LogP contribution in [0.3, 0.4) is 0 Å². The molecule has 5 heteroatoms. The molecule has 0 saturated carbocycles. The lowest BCUT2D eigenvalue weighted by molar-refractivity contribution is -0.147. The highest BCUT2D eigenvalue weighted by Gasteiger charge is 2.32. The normalized spacial score (nSPS) is 22.7. The van der Waals surface area contributed by atoms with Crippen LogP contribution in [0.1, 0.15) is 13.8 Å². The van der Waals surface area contributed by atoms with E-state index in [9.17, 15) is 14.4 Å². The Morgan fingerprint density at radius 2 is 2.21 bits per heavy atom. The number of amides is 3. The minimum absolute atomic E-state index is 0.0594. The molecule has 0 spiro atoms. The van der Waals surface area contributed by atoms with E-state index in [4.69, 9.17) is 0 Å². The third kappa shape index (κ3) is 1.99. The van der Waals surface area contributed by atoms with Crippen LogP contribution in [-0.4, -0.2) is 35.2 Å². The van der Waals surface area contributed by atoms with Gasteiger partial charge in [-0.15, -0.1) is 0 Å². The number of allylic oxidation sites excluding steroid dienone is 1. The number of carbonyl (C=O) groups excluding carboxylic acids is 3. The van der Waals surface area contributed by atoms with E-state index in [1.807, 2.05) is 0 Å². The number of carbonyl (C=O) groups is 3. The summed E-state index contributed by atoms with van der Waals surface area (Å²) in [5, 5.41) is 2.16. The van der Waals surface area contributed by atoms with Gasteiger partial charge in [0.2, 0.25) is 17.7 Å². The fourth-order valence-corrected chi connectivity index (χ4v) is 1.22. The first kappa shape index (κ1) is 10.4. The third-order valence-electron chi connectivity index (χ3n) is 2.02. The molecule has 0 aromatic carbocycles. The van der Waals surface area contributed by atoms with Crippen LogP contribution in [0, 0.1) is 0 Å². The molecule has 1 atom stereocenters. The number of nitrogens with zero attached hydrogens (tertiary/aromatic N) is 1. The predicted octanol–water partition coefficient (Wildman–Crippen LogP) is -0.564. The fourth-order valence-electron chi connectivity index (χ4n) is 1.22. The topological polar surface area (TPSA) is 66.5 Å². The van der Waals surface area contributed by atoms with Gasteiger partial charge >= 0.3 is 0 Å². The molecule has 1 aliphatic rings.